The number of rotatable bonds is 5. The Bertz CT molecular complexity index is 867. The minimum Gasteiger partial charge on any atom is -0.381 e. The summed E-state index contributed by atoms with van der Waals surface area (Å²) < 4.78 is 11.2. The Morgan fingerprint density at radius 1 is 1.26 bits per heavy atom. The van der Waals surface area contributed by atoms with Gasteiger partial charge in [-0.05, 0) is 44.4 Å². The van der Waals surface area contributed by atoms with E-state index in [-0.39, 0.29) is 11.5 Å². The highest BCUT2D eigenvalue weighted by molar-refractivity contribution is 6.07. The van der Waals surface area contributed by atoms with E-state index in [2.05, 4.69) is 31.3 Å². The predicted octanol–water partition coefficient (Wildman–Crippen LogP) is 3.65. The number of amides is 1. The summed E-state index contributed by atoms with van der Waals surface area (Å²) in [4.78, 5) is 18.0. The van der Waals surface area contributed by atoms with Crippen LogP contribution in [0.15, 0.2) is 18.2 Å². The van der Waals surface area contributed by atoms with Crippen molar-refractivity contribution >= 4 is 16.8 Å². The lowest BCUT2D eigenvalue weighted by Gasteiger charge is -2.36. The summed E-state index contributed by atoms with van der Waals surface area (Å²) in [7, 11) is 1.72. The van der Waals surface area contributed by atoms with Gasteiger partial charge in [0.2, 0.25) is 0 Å². The van der Waals surface area contributed by atoms with Gasteiger partial charge >= 0.3 is 0 Å². The third-order valence-corrected chi connectivity index (χ3v) is 5.92. The Hall–Kier alpha value is -1.98. The lowest BCUT2D eigenvalue weighted by Crippen LogP contribution is -2.48. The fourth-order valence-corrected chi connectivity index (χ4v) is 4.01. The number of methoxy groups -OCH3 is 1. The van der Waals surface area contributed by atoms with Gasteiger partial charge in [0.1, 0.15) is 0 Å². The van der Waals surface area contributed by atoms with Gasteiger partial charge in [0.15, 0.2) is 0 Å². The van der Waals surface area contributed by atoms with Crippen molar-refractivity contribution in [1.29, 1.82) is 0 Å². The Morgan fingerprint density at radius 2 is 2.00 bits per heavy atom. The number of ether oxygens (including phenoxy) is 2. The molecule has 144 valence electrons. The number of hydrogen-bond donors (Lipinski definition) is 1. The zero-order valence-corrected chi connectivity index (χ0v) is 16.4. The van der Waals surface area contributed by atoms with Crippen LogP contribution in [-0.2, 0) is 9.47 Å². The van der Waals surface area contributed by atoms with Crippen LogP contribution in [-0.4, -0.2) is 43.4 Å². The highest BCUT2D eigenvalue weighted by Crippen LogP contribution is 2.40. The van der Waals surface area contributed by atoms with Gasteiger partial charge in [-0.2, -0.15) is 0 Å². The molecule has 2 heterocycles. The van der Waals surface area contributed by atoms with Crippen molar-refractivity contribution in [2.45, 2.75) is 51.0 Å². The van der Waals surface area contributed by atoms with E-state index >= 15 is 0 Å². The average molecular weight is 368 g/mol. The van der Waals surface area contributed by atoms with Gasteiger partial charge in [0.25, 0.3) is 5.91 Å². The molecule has 0 atom stereocenters. The van der Waals surface area contributed by atoms with E-state index in [1.807, 2.05) is 6.07 Å². The zero-order valence-electron chi connectivity index (χ0n) is 16.4. The van der Waals surface area contributed by atoms with Crippen LogP contribution in [0.25, 0.3) is 10.9 Å². The number of carbonyl (C=O) groups excluding carboxylic acids is 1. The minimum atomic E-state index is -0.331. The summed E-state index contributed by atoms with van der Waals surface area (Å²) in [6, 6.07) is 6.20. The van der Waals surface area contributed by atoms with E-state index in [1.54, 1.807) is 7.11 Å². The van der Waals surface area contributed by atoms with Crippen LogP contribution in [0.4, 0.5) is 0 Å². The maximum absolute atomic E-state index is 13.2. The molecule has 2 fully saturated rings. The van der Waals surface area contributed by atoms with E-state index in [0.29, 0.717) is 25.7 Å². The van der Waals surface area contributed by atoms with Crippen molar-refractivity contribution in [3.05, 3.63) is 40.6 Å². The summed E-state index contributed by atoms with van der Waals surface area (Å²) in [5.74, 6) is 0.458. The largest absolute Gasteiger partial charge is 0.381 e. The van der Waals surface area contributed by atoms with Crippen LogP contribution in [0.1, 0.15) is 58.8 Å². The van der Waals surface area contributed by atoms with Gasteiger partial charge in [-0.3, -0.25) is 9.78 Å². The van der Waals surface area contributed by atoms with Crippen molar-refractivity contribution in [2.24, 2.45) is 0 Å². The van der Waals surface area contributed by atoms with Gasteiger partial charge in [0.05, 0.1) is 16.7 Å². The highest BCUT2D eigenvalue weighted by atomic mass is 16.5. The van der Waals surface area contributed by atoms with Gasteiger partial charge in [-0.15, -0.1) is 0 Å². The fourth-order valence-electron chi connectivity index (χ4n) is 4.01. The molecular weight excluding hydrogens is 340 g/mol. The van der Waals surface area contributed by atoms with E-state index < -0.39 is 0 Å². The van der Waals surface area contributed by atoms with Crippen LogP contribution in [0, 0.1) is 13.8 Å². The average Bonchev–Trinajstić information content (AvgIpc) is 3.51. The minimum absolute atomic E-state index is 0.0442. The Balaban J connectivity index is 1.66. The van der Waals surface area contributed by atoms with Crippen LogP contribution < -0.4 is 5.32 Å². The number of benzene rings is 1. The summed E-state index contributed by atoms with van der Waals surface area (Å²) >= 11 is 0. The normalized spacial score (nSPS) is 19.2. The lowest BCUT2D eigenvalue weighted by molar-refractivity contribution is -0.0864. The van der Waals surface area contributed by atoms with E-state index in [0.717, 1.165) is 59.0 Å². The molecule has 2 aliphatic rings. The molecule has 1 aromatic carbocycles. The van der Waals surface area contributed by atoms with Crippen LogP contribution in [0.5, 0.6) is 0 Å². The molecule has 1 saturated carbocycles. The summed E-state index contributed by atoms with van der Waals surface area (Å²) in [6.45, 7) is 5.98. The van der Waals surface area contributed by atoms with Crippen molar-refractivity contribution < 1.29 is 14.3 Å². The van der Waals surface area contributed by atoms with Gasteiger partial charge < -0.3 is 14.8 Å². The molecule has 4 rings (SSSR count). The van der Waals surface area contributed by atoms with Gasteiger partial charge in [0, 0.05) is 56.7 Å². The topological polar surface area (TPSA) is 60.5 Å². The standard InChI is InChI=1S/C22H28N2O3/c1-14-10-15(2)20-17(11-14)18(12-19(24-20)16-4-5-16)21(25)23-13-22(26-3)6-8-27-9-7-22/h10-12,16H,4-9,13H2,1-3H3,(H,23,25). The number of fused-ring (bicyclic) bond motifs is 1. The quantitative estimate of drug-likeness (QED) is 0.875. The number of aryl methyl sites for hydroxylation is 2. The van der Waals surface area contributed by atoms with E-state index in [1.165, 1.54) is 0 Å². The second-order valence-corrected chi connectivity index (χ2v) is 8.03. The molecule has 0 unspecified atom stereocenters. The number of nitrogens with one attached hydrogen (secondary N) is 1. The first kappa shape index (κ1) is 18.4. The SMILES string of the molecule is COC1(CNC(=O)c2cc(C3CC3)nc3c(C)cc(C)cc23)CCOCC1. The van der Waals surface area contributed by atoms with E-state index in [4.69, 9.17) is 14.5 Å². The highest BCUT2D eigenvalue weighted by Gasteiger charge is 2.33. The number of hydrogen-bond acceptors (Lipinski definition) is 4. The molecule has 1 aliphatic heterocycles. The second-order valence-electron chi connectivity index (χ2n) is 8.03. The molecule has 0 spiro atoms. The summed E-state index contributed by atoms with van der Waals surface area (Å²) in [5, 5.41) is 4.07. The molecule has 5 nitrogen and oxygen atoms in total. The predicted molar refractivity (Wildman–Crippen MR) is 105 cm³/mol. The molecule has 27 heavy (non-hydrogen) atoms. The number of nitrogens with zero attached hydrogens (tertiary/aromatic N) is 1. The Kier molecular flexibility index (Phi) is 4.91. The van der Waals surface area contributed by atoms with E-state index in [9.17, 15) is 4.79 Å². The van der Waals surface area contributed by atoms with Crippen molar-refractivity contribution in [2.75, 3.05) is 26.9 Å². The Labute approximate surface area is 160 Å². The maximum atomic E-state index is 13.2. The molecule has 1 N–H and O–H groups in total. The smallest absolute Gasteiger partial charge is 0.252 e. The molecule has 1 saturated heterocycles. The number of pyridine rings is 1. The second kappa shape index (κ2) is 7.21. The third kappa shape index (κ3) is 3.71. The number of aromatic nitrogens is 1. The van der Waals surface area contributed by atoms with Crippen LogP contribution in [0.2, 0.25) is 0 Å². The van der Waals surface area contributed by atoms with Gasteiger partial charge in [-0.1, -0.05) is 11.6 Å². The van der Waals surface area contributed by atoms with Crippen LogP contribution >= 0.6 is 0 Å². The van der Waals surface area contributed by atoms with Crippen molar-refractivity contribution in [1.82, 2.24) is 10.3 Å². The van der Waals surface area contributed by atoms with Crippen LogP contribution in [0.3, 0.4) is 0 Å². The molecule has 2 aromatic rings. The zero-order chi connectivity index (χ0) is 19.0. The molecule has 0 radical (unpaired) electrons. The monoisotopic (exact) mass is 368 g/mol. The molecule has 1 aromatic heterocycles. The third-order valence-electron chi connectivity index (χ3n) is 5.92. The molecular formula is C22H28N2O3. The maximum Gasteiger partial charge on any atom is 0.252 e. The first-order valence-corrected chi connectivity index (χ1v) is 9.84. The number of carbonyl (C=O) groups is 1. The van der Waals surface area contributed by atoms with Crippen molar-refractivity contribution in [3.8, 4) is 0 Å². The molecule has 1 aliphatic carbocycles. The molecule has 5 heteroatoms. The first-order chi connectivity index (χ1) is 13.0. The lowest BCUT2D eigenvalue weighted by atomic mass is 9.93. The van der Waals surface area contributed by atoms with Crippen molar-refractivity contribution in [3.63, 3.8) is 0 Å². The van der Waals surface area contributed by atoms with Gasteiger partial charge in [-0.25, -0.2) is 0 Å². The fraction of sp³-hybridized carbons (Fsp3) is 0.545. The summed E-state index contributed by atoms with van der Waals surface area (Å²) in [6.07, 6.45) is 3.92. The molecule has 0 bridgehead atoms. The summed E-state index contributed by atoms with van der Waals surface area (Å²) in [5.41, 5.74) is 4.66. The molecule has 1 amide bonds. The first-order valence-electron chi connectivity index (χ1n) is 9.84. The Morgan fingerprint density at radius 3 is 2.67 bits per heavy atom.